The first-order valence-electron chi connectivity index (χ1n) is 5.25. The van der Waals surface area contributed by atoms with E-state index in [0.29, 0.717) is 17.9 Å². The molecule has 0 fully saturated rings. The highest BCUT2D eigenvalue weighted by molar-refractivity contribution is 6.31. The third kappa shape index (κ3) is 3.14. The highest BCUT2D eigenvalue weighted by Crippen LogP contribution is 2.29. The van der Waals surface area contributed by atoms with Crippen LogP contribution in [-0.2, 0) is 4.79 Å². The second kappa shape index (κ2) is 6.38. The van der Waals surface area contributed by atoms with Gasteiger partial charge in [0.25, 0.3) is 0 Å². The lowest BCUT2D eigenvalue weighted by molar-refractivity contribution is -0.120. The van der Waals surface area contributed by atoms with E-state index in [2.05, 4.69) is 5.32 Å². The summed E-state index contributed by atoms with van der Waals surface area (Å²) in [5.74, 6) is 0.446. The van der Waals surface area contributed by atoms with Crippen LogP contribution in [0.2, 0.25) is 0 Å². The van der Waals surface area contributed by atoms with Gasteiger partial charge in [0.2, 0.25) is 5.91 Å². The second-order valence-electron chi connectivity index (χ2n) is 3.40. The van der Waals surface area contributed by atoms with Crippen molar-refractivity contribution in [3.8, 4) is 5.75 Å². The zero-order chi connectivity index (χ0) is 12.0. The van der Waals surface area contributed by atoms with Gasteiger partial charge < -0.3 is 10.1 Å². The lowest BCUT2D eigenvalue weighted by Crippen LogP contribution is -2.27. The van der Waals surface area contributed by atoms with Gasteiger partial charge in [0, 0.05) is 12.1 Å². The van der Waals surface area contributed by atoms with Gasteiger partial charge in [-0.3, -0.25) is 4.79 Å². The molecule has 0 aliphatic carbocycles. The molecule has 1 aromatic carbocycles. The highest BCUT2D eigenvalue weighted by atomic mass is 35.5. The quantitative estimate of drug-likeness (QED) is 0.805. The lowest BCUT2D eigenvalue weighted by atomic mass is 10.1. The predicted octanol–water partition coefficient (Wildman–Crippen LogP) is 2.50. The molecule has 0 spiro atoms. The Kier molecular flexibility index (Phi) is 5.12. The summed E-state index contributed by atoms with van der Waals surface area (Å²) in [7, 11) is 1.56. The van der Waals surface area contributed by atoms with Gasteiger partial charge in [-0.2, -0.15) is 0 Å². The summed E-state index contributed by atoms with van der Waals surface area (Å²) < 4.78 is 5.16. The number of carbonyl (C=O) groups excluding carboxylic acids is 1. The zero-order valence-electron chi connectivity index (χ0n) is 9.50. The summed E-state index contributed by atoms with van der Waals surface area (Å²) in [6, 6.07) is 7.26. The molecule has 0 aliphatic rings. The Labute approximate surface area is 101 Å². The van der Waals surface area contributed by atoms with Crippen LogP contribution in [-0.4, -0.2) is 19.6 Å². The summed E-state index contributed by atoms with van der Waals surface area (Å²) in [5, 5.41) is 2.05. The SMILES string of the molecule is CCCNC(=O)C(Cl)c1ccccc1OC. The number of methoxy groups -OCH3 is 1. The van der Waals surface area contributed by atoms with Crippen molar-refractivity contribution >= 4 is 17.5 Å². The second-order valence-corrected chi connectivity index (χ2v) is 3.83. The van der Waals surface area contributed by atoms with E-state index in [9.17, 15) is 4.79 Å². The van der Waals surface area contributed by atoms with Gasteiger partial charge >= 0.3 is 0 Å². The number of benzene rings is 1. The van der Waals surface area contributed by atoms with Crippen LogP contribution in [0.5, 0.6) is 5.75 Å². The van der Waals surface area contributed by atoms with E-state index in [0.717, 1.165) is 6.42 Å². The molecule has 1 aromatic rings. The third-order valence-corrected chi connectivity index (χ3v) is 2.62. The number of ether oxygens (including phenoxy) is 1. The monoisotopic (exact) mass is 241 g/mol. The molecule has 1 N–H and O–H groups in total. The van der Waals surface area contributed by atoms with E-state index in [1.54, 1.807) is 19.2 Å². The van der Waals surface area contributed by atoms with Gasteiger partial charge in [0.05, 0.1) is 7.11 Å². The molecule has 0 radical (unpaired) electrons. The number of rotatable bonds is 5. The van der Waals surface area contributed by atoms with E-state index < -0.39 is 5.38 Å². The molecular formula is C12H16ClNO2. The van der Waals surface area contributed by atoms with E-state index in [1.807, 2.05) is 19.1 Å². The largest absolute Gasteiger partial charge is 0.496 e. The number of para-hydroxylation sites is 1. The van der Waals surface area contributed by atoms with Crippen molar-refractivity contribution in [1.82, 2.24) is 5.32 Å². The van der Waals surface area contributed by atoms with Crippen LogP contribution in [0.25, 0.3) is 0 Å². The summed E-state index contributed by atoms with van der Waals surface area (Å²) in [5.41, 5.74) is 0.695. The molecule has 1 unspecified atom stereocenters. The first-order chi connectivity index (χ1) is 7.70. The molecule has 0 heterocycles. The maximum Gasteiger partial charge on any atom is 0.242 e. The minimum Gasteiger partial charge on any atom is -0.496 e. The Balaban J connectivity index is 2.78. The number of nitrogens with one attached hydrogen (secondary N) is 1. The average Bonchev–Trinajstić information content (AvgIpc) is 2.34. The summed E-state index contributed by atoms with van der Waals surface area (Å²) >= 11 is 6.08. The fourth-order valence-corrected chi connectivity index (χ4v) is 1.61. The molecule has 88 valence electrons. The topological polar surface area (TPSA) is 38.3 Å². The van der Waals surface area contributed by atoms with Crippen molar-refractivity contribution in [2.45, 2.75) is 18.7 Å². The molecule has 0 aromatic heterocycles. The molecule has 0 saturated heterocycles. The number of amides is 1. The van der Waals surface area contributed by atoms with Gasteiger partial charge in [0.1, 0.15) is 11.1 Å². The summed E-state index contributed by atoms with van der Waals surface area (Å²) in [4.78, 5) is 11.7. The van der Waals surface area contributed by atoms with Crippen molar-refractivity contribution in [2.75, 3.05) is 13.7 Å². The molecule has 1 rings (SSSR count). The summed E-state index contributed by atoms with van der Waals surface area (Å²) in [6.07, 6.45) is 0.890. The Morgan fingerprint density at radius 3 is 2.81 bits per heavy atom. The fraction of sp³-hybridized carbons (Fsp3) is 0.417. The van der Waals surface area contributed by atoms with E-state index in [1.165, 1.54) is 0 Å². The smallest absolute Gasteiger partial charge is 0.242 e. The lowest BCUT2D eigenvalue weighted by Gasteiger charge is -2.13. The first-order valence-corrected chi connectivity index (χ1v) is 5.69. The standard InChI is InChI=1S/C12H16ClNO2/c1-3-8-14-12(15)11(13)9-6-4-5-7-10(9)16-2/h4-7,11H,3,8H2,1-2H3,(H,14,15). The molecule has 1 atom stereocenters. The maximum atomic E-state index is 11.7. The number of hydrogen-bond donors (Lipinski definition) is 1. The van der Waals surface area contributed by atoms with Gasteiger partial charge in [-0.15, -0.1) is 11.6 Å². The minimum absolute atomic E-state index is 0.187. The number of alkyl halides is 1. The molecule has 16 heavy (non-hydrogen) atoms. The van der Waals surface area contributed by atoms with Crippen LogP contribution in [0.3, 0.4) is 0 Å². The third-order valence-electron chi connectivity index (χ3n) is 2.19. The maximum absolute atomic E-state index is 11.7. The number of carbonyl (C=O) groups is 1. The van der Waals surface area contributed by atoms with Crippen LogP contribution >= 0.6 is 11.6 Å². The van der Waals surface area contributed by atoms with Crippen LogP contribution in [0.4, 0.5) is 0 Å². The van der Waals surface area contributed by atoms with Crippen LogP contribution < -0.4 is 10.1 Å². The summed E-state index contributed by atoms with van der Waals surface area (Å²) in [6.45, 7) is 2.63. The molecule has 0 bridgehead atoms. The van der Waals surface area contributed by atoms with E-state index in [-0.39, 0.29) is 5.91 Å². The number of halogens is 1. The molecule has 3 nitrogen and oxygen atoms in total. The molecule has 4 heteroatoms. The Bertz CT molecular complexity index is 355. The molecule has 0 saturated carbocycles. The van der Waals surface area contributed by atoms with Crippen molar-refractivity contribution in [3.05, 3.63) is 29.8 Å². The zero-order valence-corrected chi connectivity index (χ0v) is 10.3. The normalized spacial score (nSPS) is 11.9. The van der Waals surface area contributed by atoms with Crippen molar-refractivity contribution in [1.29, 1.82) is 0 Å². The predicted molar refractivity (Wildman–Crippen MR) is 64.9 cm³/mol. The molecule has 0 aliphatic heterocycles. The van der Waals surface area contributed by atoms with Crippen LogP contribution in [0.1, 0.15) is 24.3 Å². The number of hydrogen-bond acceptors (Lipinski definition) is 2. The van der Waals surface area contributed by atoms with Gasteiger partial charge in [-0.05, 0) is 12.5 Å². The van der Waals surface area contributed by atoms with Crippen LogP contribution in [0, 0.1) is 0 Å². The molecular weight excluding hydrogens is 226 g/mol. The fourth-order valence-electron chi connectivity index (χ4n) is 1.35. The van der Waals surface area contributed by atoms with Gasteiger partial charge in [-0.25, -0.2) is 0 Å². The van der Waals surface area contributed by atoms with Crippen LogP contribution in [0.15, 0.2) is 24.3 Å². The van der Waals surface area contributed by atoms with Crippen molar-refractivity contribution in [2.24, 2.45) is 0 Å². The Hall–Kier alpha value is -1.22. The van der Waals surface area contributed by atoms with Gasteiger partial charge in [-0.1, -0.05) is 25.1 Å². The van der Waals surface area contributed by atoms with E-state index in [4.69, 9.17) is 16.3 Å². The van der Waals surface area contributed by atoms with Crippen molar-refractivity contribution in [3.63, 3.8) is 0 Å². The van der Waals surface area contributed by atoms with Gasteiger partial charge in [0.15, 0.2) is 0 Å². The van der Waals surface area contributed by atoms with E-state index >= 15 is 0 Å². The molecule has 1 amide bonds. The van der Waals surface area contributed by atoms with Crippen molar-refractivity contribution < 1.29 is 9.53 Å². The Morgan fingerprint density at radius 1 is 1.50 bits per heavy atom. The minimum atomic E-state index is -0.706. The first kappa shape index (κ1) is 12.8. The highest BCUT2D eigenvalue weighted by Gasteiger charge is 2.20. The Morgan fingerprint density at radius 2 is 2.19 bits per heavy atom. The average molecular weight is 242 g/mol.